The molecule has 138 valence electrons. The van der Waals surface area contributed by atoms with Crippen LogP contribution >= 0.6 is 12.4 Å². The van der Waals surface area contributed by atoms with E-state index in [1.807, 2.05) is 0 Å². The second-order valence-corrected chi connectivity index (χ2v) is 7.29. The number of methoxy groups -OCH3 is 2. The monoisotopic (exact) mass is 379 g/mol. The number of nitrogens with zero attached hydrogens (tertiary/aromatic N) is 2. The Morgan fingerprint density at radius 1 is 1.12 bits per heavy atom. The van der Waals surface area contributed by atoms with Gasteiger partial charge in [0, 0.05) is 45.3 Å². The Bertz CT molecular complexity index is 619. The van der Waals surface area contributed by atoms with Crippen molar-refractivity contribution in [2.75, 3.05) is 60.5 Å². The average Bonchev–Trinajstić information content (AvgIpc) is 2.56. The maximum atomic E-state index is 12.5. The molecule has 1 aromatic carbocycles. The molecular formula is C15H26ClN3O4S. The number of halogens is 1. The van der Waals surface area contributed by atoms with Gasteiger partial charge in [-0.15, -0.1) is 12.4 Å². The van der Waals surface area contributed by atoms with Gasteiger partial charge in [0.25, 0.3) is 0 Å². The molecule has 0 saturated carbocycles. The number of sulfonamides is 1. The van der Waals surface area contributed by atoms with Crippen molar-refractivity contribution in [3.05, 3.63) is 18.2 Å². The summed E-state index contributed by atoms with van der Waals surface area (Å²) >= 11 is 0. The van der Waals surface area contributed by atoms with Crippen molar-refractivity contribution < 1.29 is 17.9 Å². The highest BCUT2D eigenvalue weighted by Crippen LogP contribution is 2.27. The van der Waals surface area contributed by atoms with Crippen LogP contribution in [0, 0.1) is 0 Å². The lowest BCUT2D eigenvalue weighted by atomic mass is 10.3. The molecule has 1 aliphatic heterocycles. The van der Waals surface area contributed by atoms with Crippen molar-refractivity contribution >= 4 is 22.4 Å². The maximum Gasteiger partial charge on any atom is 0.244 e. The van der Waals surface area contributed by atoms with E-state index in [0.717, 1.165) is 26.2 Å². The molecule has 0 atom stereocenters. The molecule has 1 N–H and O–H groups in total. The number of nitrogens with one attached hydrogen (secondary N) is 1. The molecule has 0 aliphatic carbocycles. The lowest BCUT2D eigenvalue weighted by Gasteiger charge is -2.32. The van der Waals surface area contributed by atoms with E-state index in [1.165, 1.54) is 20.3 Å². The number of likely N-dealkylation sites (N-methyl/N-ethyl adjacent to an activating group) is 1. The van der Waals surface area contributed by atoms with Crippen molar-refractivity contribution in [2.45, 2.75) is 4.90 Å². The first-order valence-corrected chi connectivity index (χ1v) is 9.07. The zero-order valence-electron chi connectivity index (χ0n) is 14.3. The van der Waals surface area contributed by atoms with Crippen molar-refractivity contribution in [3.63, 3.8) is 0 Å². The molecule has 0 bridgehead atoms. The summed E-state index contributed by atoms with van der Waals surface area (Å²) in [5.41, 5.74) is 0. The molecule has 1 saturated heterocycles. The van der Waals surface area contributed by atoms with Crippen LogP contribution in [0.5, 0.6) is 11.5 Å². The second-order valence-electron chi connectivity index (χ2n) is 5.56. The molecule has 1 heterocycles. The summed E-state index contributed by atoms with van der Waals surface area (Å²) in [6.07, 6.45) is 0. The number of hydrogen-bond acceptors (Lipinski definition) is 6. The molecule has 0 amide bonds. The summed E-state index contributed by atoms with van der Waals surface area (Å²) in [6, 6.07) is 4.73. The fraction of sp³-hybridized carbons (Fsp3) is 0.600. The normalized spacial score (nSPS) is 16.5. The van der Waals surface area contributed by atoms with Crippen LogP contribution in [-0.2, 0) is 10.0 Å². The van der Waals surface area contributed by atoms with Gasteiger partial charge in [-0.2, -0.15) is 0 Å². The standard InChI is InChI=1S/C15H25N3O4S.ClH/c1-17-8-10-18(11-9-17)7-6-16-23(19,20)15-12-13(21-2)4-5-14(15)22-3;/h4-5,12,16H,6-11H2,1-3H3;1H. The van der Waals surface area contributed by atoms with Gasteiger partial charge in [-0.1, -0.05) is 0 Å². The first-order chi connectivity index (χ1) is 11.0. The third-order valence-electron chi connectivity index (χ3n) is 3.98. The molecule has 1 fully saturated rings. The number of benzene rings is 1. The Morgan fingerprint density at radius 3 is 2.38 bits per heavy atom. The molecule has 24 heavy (non-hydrogen) atoms. The van der Waals surface area contributed by atoms with E-state index in [9.17, 15) is 8.42 Å². The summed E-state index contributed by atoms with van der Waals surface area (Å²) < 4.78 is 37.9. The predicted octanol–water partition coefficient (Wildman–Crippen LogP) is 0.651. The first-order valence-electron chi connectivity index (χ1n) is 7.59. The Hall–Kier alpha value is -1.06. The summed E-state index contributed by atoms with van der Waals surface area (Å²) in [4.78, 5) is 4.62. The van der Waals surface area contributed by atoms with E-state index in [-0.39, 0.29) is 17.3 Å². The zero-order chi connectivity index (χ0) is 16.9. The molecular weight excluding hydrogens is 354 g/mol. The zero-order valence-corrected chi connectivity index (χ0v) is 16.0. The molecule has 1 aromatic rings. The van der Waals surface area contributed by atoms with Crippen LogP contribution < -0.4 is 14.2 Å². The fourth-order valence-corrected chi connectivity index (χ4v) is 3.68. The van der Waals surface area contributed by atoms with Crippen LogP contribution in [0.1, 0.15) is 0 Å². The maximum absolute atomic E-state index is 12.5. The Balaban J connectivity index is 0.00000288. The number of hydrogen-bond donors (Lipinski definition) is 1. The molecule has 0 unspecified atom stereocenters. The van der Waals surface area contributed by atoms with E-state index in [0.29, 0.717) is 24.6 Å². The Morgan fingerprint density at radius 2 is 1.79 bits per heavy atom. The topological polar surface area (TPSA) is 71.1 Å². The van der Waals surface area contributed by atoms with Crippen LogP contribution in [0.15, 0.2) is 23.1 Å². The lowest BCUT2D eigenvalue weighted by Crippen LogP contribution is -2.46. The van der Waals surface area contributed by atoms with Gasteiger partial charge in [-0.05, 0) is 19.2 Å². The van der Waals surface area contributed by atoms with Crippen LogP contribution in [0.2, 0.25) is 0 Å². The average molecular weight is 380 g/mol. The molecule has 0 spiro atoms. The van der Waals surface area contributed by atoms with E-state index < -0.39 is 10.0 Å². The largest absolute Gasteiger partial charge is 0.497 e. The van der Waals surface area contributed by atoms with E-state index in [1.54, 1.807) is 12.1 Å². The van der Waals surface area contributed by atoms with Crippen molar-refractivity contribution in [1.29, 1.82) is 0 Å². The van der Waals surface area contributed by atoms with Crippen LogP contribution in [0.25, 0.3) is 0 Å². The lowest BCUT2D eigenvalue weighted by molar-refractivity contribution is 0.156. The molecule has 1 aliphatic rings. The van der Waals surface area contributed by atoms with Crippen LogP contribution in [-0.4, -0.2) is 78.8 Å². The summed E-state index contributed by atoms with van der Waals surface area (Å²) in [5, 5.41) is 0. The van der Waals surface area contributed by atoms with E-state index in [2.05, 4.69) is 21.6 Å². The van der Waals surface area contributed by atoms with Gasteiger partial charge in [0.1, 0.15) is 16.4 Å². The highest BCUT2D eigenvalue weighted by atomic mass is 35.5. The minimum atomic E-state index is -3.64. The second kappa shape index (κ2) is 9.43. The highest BCUT2D eigenvalue weighted by molar-refractivity contribution is 7.89. The Kier molecular flexibility index (Phi) is 8.24. The van der Waals surface area contributed by atoms with Crippen molar-refractivity contribution in [2.24, 2.45) is 0 Å². The quantitative estimate of drug-likeness (QED) is 0.750. The van der Waals surface area contributed by atoms with Gasteiger partial charge in [0.15, 0.2) is 0 Å². The number of ether oxygens (including phenoxy) is 2. The molecule has 7 nitrogen and oxygen atoms in total. The predicted molar refractivity (Wildman–Crippen MR) is 95.9 cm³/mol. The summed E-state index contributed by atoms with van der Waals surface area (Å²) in [6.45, 7) is 5.00. The summed E-state index contributed by atoms with van der Waals surface area (Å²) in [5.74, 6) is 0.781. The third kappa shape index (κ3) is 5.49. The molecule has 9 heteroatoms. The minimum Gasteiger partial charge on any atom is -0.497 e. The number of piperazine rings is 1. The molecule has 0 aromatic heterocycles. The van der Waals surface area contributed by atoms with Gasteiger partial charge in [-0.25, -0.2) is 13.1 Å². The first kappa shape index (κ1) is 21.0. The number of rotatable bonds is 7. The third-order valence-corrected chi connectivity index (χ3v) is 5.46. The van der Waals surface area contributed by atoms with Crippen molar-refractivity contribution in [1.82, 2.24) is 14.5 Å². The van der Waals surface area contributed by atoms with Crippen LogP contribution in [0.4, 0.5) is 0 Å². The van der Waals surface area contributed by atoms with E-state index in [4.69, 9.17) is 9.47 Å². The van der Waals surface area contributed by atoms with E-state index >= 15 is 0 Å². The van der Waals surface area contributed by atoms with Crippen LogP contribution in [0.3, 0.4) is 0 Å². The molecule has 2 rings (SSSR count). The van der Waals surface area contributed by atoms with Gasteiger partial charge >= 0.3 is 0 Å². The fourth-order valence-electron chi connectivity index (χ4n) is 2.48. The van der Waals surface area contributed by atoms with Gasteiger partial charge in [0.05, 0.1) is 14.2 Å². The summed E-state index contributed by atoms with van der Waals surface area (Å²) in [7, 11) is 1.40. The van der Waals surface area contributed by atoms with Gasteiger partial charge < -0.3 is 14.4 Å². The molecule has 0 radical (unpaired) electrons. The van der Waals surface area contributed by atoms with Gasteiger partial charge in [0.2, 0.25) is 10.0 Å². The highest BCUT2D eigenvalue weighted by Gasteiger charge is 2.21. The van der Waals surface area contributed by atoms with Crippen molar-refractivity contribution in [3.8, 4) is 11.5 Å². The van der Waals surface area contributed by atoms with Gasteiger partial charge in [-0.3, -0.25) is 4.90 Å². The Labute approximate surface area is 150 Å². The SMILES string of the molecule is COc1ccc(OC)c(S(=O)(=O)NCCN2CCN(C)CC2)c1.Cl. The smallest absolute Gasteiger partial charge is 0.244 e. The minimum absolute atomic E-state index is 0.